The highest BCUT2D eigenvalue weighted by molar-refractivity contribution is 5.86. The van der Waals surface area contributed by atoms with E-state index >= 15 is 0 Å². The Kier molecular flexibility index (Phi) is 6.13. The van der Waals surface area contributed by atoms with Crippen molar-refractivity contribution in [3.63, 3.8) is 0 Å². The standard InChI is InChI=1S/C32H48O5/c1-19(9-8-10-20(2)27(35)36)22-11-16-32-18-31(22,32)15-12-23-29(6)14-13-25(34)28(4,5)24(29)17-26(30(23,32)7)37-21(3)33/h10,19,22-24,26H,8-9,11-18H2,1-7H3,(H,35,36)/b20-10-/t19-,22-,23+,24-,26+,29+,30-,31+,32+/m0/s1. The molecule has 5 rings (SSSR count). The summed E-state index contributed by atoms with van der Waals surface area (Å²) in [5, 5.41) is 9.21. The predicted molar refractivity (Wildman–Crippen MR) is 143 cm³/mol. The minimum atomic E-state index is -0.826. The van der Waals surface area contributed by atoms with Crippen molar-refractivity contribution < 1.29 is 24.2 Å². The van der Waals surface area contributed by atoms with Gasteiger partial charge in [0.25, 0.3) is 0 Å². The van der Waals surface area contributed by atoms with Gasteiger partial charge in [0.1, 0.15) is 11.9 Å². The molecule has 0 bridgehead atoms. The Bertz CT molecular complexity index is 1040. The predicted octanol–water partition coefficient (Wildman–Crippen LogP) is 6.98. The number of carbonyl (C=O) groups is 3. The van der Waals surface area contributed by atoms with Crippen molar-refractivity contribution in [2.45, 2.75) is 119 Å². The van der Waals surface area contributed by atoms with Crippen LogP contribution in [0.2, 0.25) is 0 Å². The summed E-state index contributed by atoms with van der Waals surface area (Å²) >= 11 is 0. The van der Waals surface area contributed by atoms with Gasteiger partial charge in [0.15, 0.2) is 0 Å². The average molecular weight is 513 g/mol. The van der Waals surface area contributed by atoms with Crippen molar-refractivity contribution in [2.75, 3.05) is 0 Å². The molecule has 9 atom stereocenters. The lowest BCUT2D eigenvalue weighted by molar-refractivity contribution is -0.232. The van der Waals surface area contributed by atoms with E-state index in [1.165, 1.54) is 25.7 Å². The fraction of sp³-hybridized carbons (Fsp3) is 0.844. The minimum Gasteiger partial charge on any atom is -0.478 e. The second kappa shape index (κ2) is 8.42. The summed E-state index contributed by atoms with van der Waals surface area (Å²) in [6, 6.07) is 0. The molecule has 0 unspecified atom stereocenters. The largest absolute Gasteiger partial charge is 0.478 e. The third-order valence-electron chi connectivity index (χ3n) is 13.3. The molecule has 0 spiro atoms. The van der Waals surface area contributed by atoms with Crippen LogP contribution in [-0.4, -0.2) is 28.9 Å². The fourth-order valence-corrected chi connectivity index (χ4v) is 11.5. The number of rotatable bonds is 6. The zero-order chi connectivity index (χ0) is 27.2. The average Bonchev–Trinajstić information content (AvgIpc) is 3.38. The zero-order valence-electron chi connectivity index (χ0n) is 24.1. The number of ether oxygens (including phenoxy) is 1. The van der Waals surface area contributed by atoms with Gasteiger partial charge in [-0.1, -0.05) is 40.7 Å². The monoisotopic (exact) mass is 512 g/mol. The van der Waals surface area contributed by atoms with Crippen LogP contribution in [0.1, 0.15) is 113 Å². The molecule has 5 nitrogen and oxygen atoms in total. The van der Waals surface area contributed by atoms with Gasteiger partial charge in [0.2, 0.25) is 0 Å². The molecule has 5 aliphatic carbocycles. The van der Waals surface area contributed by atoms with Gasteiger partial charge >= 0.3 is 11.9 Å². The third kappa shape index (κ3) is 3.43. The van der Waals surface area contributed by atoms with E-state index in [1.54, 1.807) is 13.8 Å². The van der Waals surface area contributed by atoms with E-state index in [2.05, 4.69) is 34.6 Å². The van der Waals surface area contributed by atoms with Crippen molar-refractivity contribution in [1.82, 2.24) is 0 Å². The first-order valence-corrected chi connectivity index (χ1v) is 14.8. The number of ketones is 1. The first kappa shape index (κ1) is 26.9. The number of esters is 1. The summed E-state index contributed by atoms with van der Waals surface area (Å²) in [6.45, 7) is 14.8. The number of allylic oxidation sites excluding steroid dienone is 1. The molecule has 5 aliphatic rings. The molecule has 0 aromatic heterocycles. The highest BCUT2D eigenvalue weighted by Crippen LogP contribution is 2.91. The number of carboxylic acid groups (broad SMARTS) is 1. The molecule has 5 fully saturated rings. The van der Waals surface area contributed by atoms with E-state index in [0.717, 1.165) is 32.1 Å². The van der Waals surface area contributed by atoms with E-state index in [0.29, 0.717) is 40.9 Å². The second-order valence-electron chi connectivity index (χ2n) is 14.7. The van der Waals surface area contributed by atoms with Crippen molar-refractivity contribution in [3.05, 3.63) is 11.6 Å². The van der Waals surface area contributed by atoms with E-state index < -0.39 is 5.97 Å². The summed E-state index contributed by atoms with van der Waals surface area (Å²) in [7, 11) is 0. The Hall–Kier alpha value is -1.65. The van der Waals surface area contributed by atoms with Gasteiger partial charge in [-0.15, -0.1) is 0 Å². The number of hydrogen-bond acceptors (Lipinski definition) is 4. The lowest BCUT2D eigenvalue weighted by Crippen LogP contribution is -2.66. The van der Waals surface area contributed by atoms with E-state index in [-0.39, 0.29) is 39.7 Å². The molecular weight excluding hydrogens is 464 g/mol. The summed E-state index contributed by atoms with van der Waals surface area (Å²) in [6.07, 6.45) is 12.1. The van der Waals surface area contributed by atoms with Crippen LogP contribution < -0.4 is 0 Å². The first-order valence-electron chi connectivity index (χ1n) is 14.8. The minimum absolute atomic E-state index is 0.0626. The van der Waals surface area contributed by atoms with Crippen LogP contribution >= 0.6 is 0 Å². The van der Waals surface area contributed by atoms with E-state index in [9.17, 15) is 19.5 Å². The normalized spacial score (nSPS) is 46.7. The summed E-state index contributed by atoms with van der Waals surface area (Å²) < 4.78 is 6.28. The van der Waals surface area contributed by atoms with Crippen molar-refractivity contribution in [2.24, 2.45) is 50.7 Å². The van der Waals surface area contributed by atoms with Crippen LogP contribution in [0.3, 0.4) is 0 Å². The number of fused-ring (bicyclic) bond motifs is 3. The third-order valence-corrected chi connectivity index (χ3v) is 13.3. The molecule has 0 saturated heterocycles. The van der Waals surface area contributed by atoms with Gasteiger partial charge in [-0.3, -0.25) is 9.59 Å². The Balaban J connectivity index is 1.47. The van der Waals surface area contributed by atoms with Gasteiger partial charge in [0.05, 0.1) is 0 Å². The summed E-state index contributed by atoms with van der Waals surface area (Å²) in [4.78, 5) is 36.7. The van der Waals surface area contributed by atoms with E-state index in [4.69, 9.17) is 4.74 Å². The fourth-order valence-electron chi connectivity index (χ4n) is 11.5. The Labute approximate surface area is 223 Å². The Morgan fingerprint density at radius 1 is 1.08 bits per heavy atom. The Morgan fingerprint density at radius 2 is 1.78 bits per heavy atom. The molecule has 5 saturated carbocycles. The van der Waals surface area contributed by atoms with Gasteiger partial charge in [-0.2, -0.15) is 0 Å². The SMILES string of the molecule is CC(=O)O[C@@H]1C[C@H]2C(C)(C)C(=O)CC[C@]2(C)[C@H]2CC[C@]34C[C@]3(CC[C@H]4[C@@H](C)CC/C=C(/C)C(=O)O)[C@@]21C. The van der Waals surface area contributed by atoms with Crippen LogP contribution in [0.4, 0.5) is 0 Å². The topological polar surface area (TPSA) is 80.7 Å². The molecule has 0 amide bonds. The van der Waals surface area contributed by atoms with Gasteiger partial charge in [-0.05, 0) is 105 Å². The summed E-state index contributed by atoms with van der Waals surface area (Å²) in [5.74, 6) is 1.26. The highest BCUT2D eigenvalue weighted by Gasteiger charge is 2.85. The van der Waals surface area contributed by atoms with Crippen LogP contribution in [0.15, 0.2) is 11.6 Å². The maximum Gasteiger partial charge on any atom is 0.330 e. The number of aliphatic carboxylic acids is 1. The first-order chi connectivity index (χ1) is 17.2. The lowest BCUT2D eigenvalue weighted by Gasteiger charge is -2.67. The number of hydrogen-bond donors (Lipinski definition) is 1. The zero-order valence-corrected chi connectivity index (χ0v) is 24.1. The number of carbonyl (C=O) groups excluding carboxylic acids is 2. The highest BCUT2D eigenvalue weighted by atomic mass is 16.5. The molecule has 0 heterocycles. The van der Waals surface area contributed by atoms with Crippen LogP contribution in [-0.2, 0) is 19.1 Å². The molecule has 0 aromatic carbocycles. The molecule has 0 aliphatic heterocycles. The maximum absolute atomic E-state index is 13.1. The van der Waals surface area contributed by atoms with Crippen molar-refractivity contribution >= 4 is 17.7 Å². The molecule has 0 aromatic rings. The molecule has 1 N–H and O–H groups in total. The molecule has 206 valence electrons. The van der Waals surface area contributed by atoms with Crippen molar-refractivity contribution in [1.29, 1.82) is 0 Å². The maximum atomic E-state index is 13.1. The van der Waals surface area contributed by atoms with Crippen LogP contribution in [0.5, 0.6) is 0 Å². The number of carboxylic acids is 1. The molecular formula is C32H48O5. The van der Waals surface area contributed by atoms with Gasteiger partial charge in [-0.25, -0.2) is 4.79 Å². The van der Waals surface area contributed by atoms with E-state index in [1.807, 2.05) is 6.08 Å². The molecule has 5 heteroatoms. The smallest absolute Gasteiger partial charge is 0.330 e. The number of Topliss-reactive ketones (excluding diaryl/α,β-unsaturated/α-hetero) is 1. The molecule has 37 heavy (non-hydrogen) atoms. The Morgan fingerprint density at radius 3 is 2.43 bits per heavy atom. The quantitative estimate of drug-likeness (QED) is 0.307. The van der Waals surface area contributed by atoms with Crippen LogP contribution in [0.25, 0.3) is 0 Å². The van der Waals surface area contributed by atoms with Gasteiger partial charge in [0, 0.05) is 29.7 Å². The molecule has 0 radical (unpaired) electrons. The lowest BCUT2D eigenvalue weighted by atomic mass is 9.37. The van der Waals surface area contributed by atoms with Crippen LogP contribution in [0, 0.1) is 50.7 Å². The second-order valence-corrected chi connectivity index (χ2v) is 14.7. The van der Waals surface area contributed by atoms with Gasteiger partial charge < -0.3 is 9.84 Å². The van der Waals surface area contributed by atoms with Crippen molar-refractivity contribution in [3.8, 4) is 0 Å². The summed E-state index contributed by atoms with van der Waals surface area (Å²) in [5.41, 5.74) is 0.631.